The van der Waals surface area contributed by atoms with Crippen LogP contribution in [0.1, 0.15) is 11.1 Å². The van der Waals surface area contributed by atoms with Crippen LogP contribution in [0.4, 0.5) is 0 Å². The Morgan fingerprint density at radius 2 is 1.90 bits per heavy atom. The molecule has 1 aromatic carbocycles. The van der Waals surface area contributed by atoms with Crippen LogP contribution >= 0.6 is 0 Å². The molecule has 0 unspecified atom stereocenters. The lowest BCUT2D eigenvalue weighted by Crippen LogP contribution is -2.56. The lowest BCUT2D eigenvalue weighted by atomic mass is 9.87. The summed E-state index contributed by atoms with van der Waals surface area (Å²) in [5, 5.41) is 13.4. The first-order chi connectivity index (χ1) is 9.62. The fraction of sp³-hybridized carbons (Fsp3) is 0.312. The van der Waals surface area contributed by atoms with Crippen LogP contribution in [0.3, 0.4) is 0 Å². The number of hydrogen-bond donors (Lipinski definition) is 2. The molecule has 2 N–H and O–H groups in total. The van der Waals surface area contributed by atoms with Crippen LogP contribution in [0.5, 0.6) is 5.88 Å². The van der Waals surface area contributed by atoms with Gasteiger partial charge in [-0.05, 0) is 24.1 Å². The maximum absolute atomic E-state index is 10.3. The second-order valence-electron chi connectivity index (χ2n) is 5.26. The Bertz CT molecular complexity index is 619. The molecule has 0 radical (unpaired) electrons. The smallest absolute Gasteiger partial charge is 0.215 e. The van der Waals surface area contributed by atoms with Gasteiger partial charge in [0.15, 0.2) is 0 Å². The molecule has 1 aliphatic rings. The van der Waals surface area contributed by atoms with Crippen molar-refractivity contribution < 1.29 is 9.84 Å². The van der Waals surface area contributed by atoms with Crippen molar-refractivity contribution in [1.82, 2.24) is 10.3 Å². The quantitative estimate of drug-likeness (QED) is 0.894. The van der Waals surface area contributed by atoms with E-state index in [1.165, 1.54) is 0 Å². The SMILES string of the molecule is COc1ncc(-c2ccc(C3(O)CNC3)cc2)cc1C. The van der Waals surface area contributed by atoms with Gasteiger partial charge in [0.1, 0.15) is 5.60 Å². The van der Waals surface area contributed by atoms with E-state index >= 15 is 0 Å². The van der Waals surface area contributed by atoms with Gasteiger partial charge in [-0.25, -0.2) is 4.98 Å². The fourth-order valence-corrected chi connectivity index (χ4v) is 2.47. The zero-order valence-corrected chi connectivity index (χ0v) is 11.7. The standard InChI is InChI=1S/C16H18N2O2/c1-11-7-13(8-18-15(11)20-2)12-3-5-14(6-4-12)16(19)9-17-10-16/h3-8,17,19H,9-10H2,1-2H3. The van der Waals surface area contributed by atoms with Gasteiger partial charge in [-0.3, -0.25) is 0 Å². The fourth-order valence-electron chi connectivity index (χ4n) is 2.47. The van der Waals surface area contributed by atoms with Crippen molar-refractivity contribution in [2.24, 2.45) is 0 Å². The minimum absolute atomic E-state index is 0.621. The molecule has 3 rings (SSSR count). The summed E-state index contributed by atoms with van der Waals surface area (Å²) in [6, 6.07) is 10.1. The van der Waals surface area contributed by atoms with Gasteiger partial charge in [-0.1, -0.05) is 24.3 Å². The molecular weight excluding hydrogens is 252 g/mol. The number of nitrogens with one attached hydrogen (secondary N) is 1. The first kappa shape index (κ1) is 13.1. The van der Waals surface area contributed by atoms with E-state index in [9.17, 15) is 5.11 Å². The molecule has 20 heavy (non-hydrogen) atoms. The van der Waals surface area contributed by atoms with Crippen molar-refractivity contribution in [2.45, 2.75) is 12.5 Å². The van der Waals surface area contributed by atoms with Crippen LogP contribution in [-0.2, 0) is 5.60 Å². The lowest BCUT2D eigenvalue weighted by Gasteiger charge is -2.38. The number of aryl methyl sites for hydroxylation is 1. The Kier molecular flexibility index (Phi) is 3.20. The molecule has 0 bridgehead atoms. The molecule has 0 saturated carbocycles. The molecule has 1 fully saturated rings. The van der Waals surface area contributed by atoms with Gasteiger partial charge >= 0.3 is 0 Å². The van der Waals surface area contributed by atoms with E-state index in [4.69, 9.17) is 4.74 Å². The molecule has 2 aromatic rings. The van der Waals surface area contributed by atoms with Gasteiger partial charge in [0, 0.05) is 30.4 Å². The Morgan fingerprint density at radius 3 is 2.40 bits per heavy atom. The van der Waals surface area contributed by atoms with Gasteiger partial charge < -0.3 is 15.2 Å². The number of benzene rings is 1. The predicted molar refractivity (Wildman–Crippen MR) is 77.7 cm³/mol. The van der Waals surface area contributed by atoms with Crippen molar-refractivity contribution >= 4 is 0 Å². The molecule has 1 saturated heterocycles. The van der Waals surface area contributed by atoms with Gasteiger partial charge in [-0.2, -0.15) is 0 Å². The summed E-state index contributed by atoms with van der Waals surface area (Å²) in [6.07, 6.45) is 1.81. The first-order valence-corrected chi connectivity index (χ1v) is 6.67. The summed E-state index contributed by atoms with van der Waals surface area (Å²) in [5.41, 5.74) is 3.40. The van der Waals surface area contributed by atoms with E-state index in [2.05, 4.69) is 16.4 Å². The van der Waals surface area contributed by atoms with Crippen molar-refractivity contribution in [2.75, 3.05) is 20.2 Å². The van der Waals surface area contributed by atoms with E-state index in [1.54, 1.807) is 13.3 Å². The number of ether oxygens (including phenoxy) is 1. The third-order valence-electron chi connectivity index (χ3n) is 3.81. The molecule has 0 amide bonds. The molecule has 0 spiro atoms. The average molecular weight is 270 g/mol. The van der Waals surface area contributed by atoms with Gasteiger partial charge in [0.2, 0.25) is 5.88 Å². The highest BCUT2D eigenvalue weighted by Crippen LogP contribution is 2.29. The van der Waals surface area contributed by atoms with Crippen LogP contribution in [0.15, 0.2) is 36.5 Å². The van der Waals surface area contributed by atoms with Crippen LogP contribution in [0, 0.1) is 6.92 Å². The van der Waals surface area contributed by atoms with Gasteiger partial charge in [0.05, 0.1) is 7.11 Å². The molecule has 104 valence electrons. The Balaban J connectivity index is 1.89. The third-order valence-corrected chi connectivity index (χ3v) is 3.81. The van der Waals surface area contributed by atoms with E-state index in [0.717, 1.165) is 22.3 Å². The highest BCUT2D eigenvalue weighted by atomic mass is 16.5. The number of nitrogens with zero attached hydrogens (tertiary/aromatic N) is 1. The van der Waals surface area contributed by atoms with Crippen molar-refractivity contribution in [1.29, 1.82) is 0 Å². The summed E-state index contributed by atoms with van der Waals surface area (Å²) in [6.45, 7) is 3.22. The second-order valence-corrected chi connectivity index (χ2v) is 5.26. The van der Waals surface area contributed by atoms with Crippen LogP contribution < -0.4 is 10.1 Å². The maximum Gasteiger partial charge on any atom is 0.215 e. The van der Waals surface area contributed by atoms with E-state index in [0.29, 0.717) is 19.0 Å². The molecule has 1 aliphatic heterocycles. The Hall–Kier alpha value is -1.91. The molecule has 0 aliphatic carbocycles. The molecule has 0 atom stereocenters. The first-order valence-electron chi connectivity index (χ1n) is 6.67. The number of methoxy groups -OCH3 is 1. The zero-order valence-electron chi connectivity index (χ0n) is 11.7. The van der Waals surface area contributed by atoms with E-state index < -0.39 is 5.60 Å². The molecule has 1 aromatic heterocycles. The third kappa shape index (κ3) is 2.17. The lowest BCUT2D eigenvalue weighted by molar-refractivity contribution is -0.0146. The van der Waals surface area contributed by atoms with Crippen LogP contribution in [0.25, 0.3) is 11.1 Å². The van der Waals surface area contributed by atoms with E-state index in [1.807, 2.05) is 31.2 Å². The number of rotatable bonds is 3. The summed E-state index contributed by atoms with van der Waals surface area (Å²) < 4.78 is 5.17. The van der Waals surface area contributed by atoms with Gasteiger partial charge in [-0.15, -0.1) is 0 Å². The minimum atomic E-state index is -0.702. The zero-order chi connectivity index (χ0) is 14.2. The highest BCUT2D eigenvalue weighted by Gasteiger charge is 2.35. The number of aromatic nitrogens is 1. The van der Waals surface area contributed by atoms with Crippen molar-refractivity contribution in [3.05, 3.63) is 47.7 Å². The van der Waals surface area contributed by atoms with Gasteiger partial charge in [0.25, 0.3) is 0 Å². The van der Waals surface area contributed by atoms with Crippen molar-refractivity contribution in [3.63, 3.8) is 0 Å². The van der Waals surface area contributed by atoms with E-state index in [-0.39, 0.29) is 0 Å². The number of β-amino-alcohol motifs (C(OH)–C–C–N with tert-alkyl or cyclic N) is 1. The number of pyridine rings is 1. The van der Waals surface area contributed by atoms with Crippen LogP contribution in [0.2, 0.25) is 0 Å². The van der Waals surface area contributed by atoms with Crippen LogP contribution in [-0.4, -0.2) is 30.3 Å². The minimum Gasteiger partial charge on any atom is -0.481 e. The number of hydrogen-bond acceptors (Lipinski definition) is 4. The second kappa shape index (κ2) is 4.89. The highest BCUT2D eigenvalue weighted by molar-refractivity contribution is 5.64. The summed E-state index contributed by atoms with van der Waals surface area (Å²) >= 11 is 0. The monoisotopic (exact) mass is 270 g/mol. The summed E-state index contributed by atoms with van der Waals surface area (Å²) in [7, 11) is 1.62. The normalized spacial score (nSPS) is 16.6. The topological polar surface area (TPSA) is 54.4 Å². The predicted octanol–water partition coefficient (Wildman–Crippen LogP) is 1.86. The molecule has 2 heterocycles. The van der Waals surface area contributed by atoms with Crippen molar-refractivity contribution in [3.8, 4) is 17.0 Å². The maximum atomic E-state index is 10.3. The summed E-state index contributed by atoms with van der Waals surface area (Å²) in [5.74, 6) is 0.653. The largest absolute Gasteiger partial charge is 0.481 e. The number of aliphatic hydroxyl groups is 1. The summed E-state index contributed by atoms with van der Waals surface area (Å²) in [4.78, 5) is 4.29. The molecular formula is C16H18N2O2. The molecule has 4 nitrogen and oxygen atoms in total. The average Bonchev–Trinajstić information content (AvgIpc) is 2.45. The Labute approximate surface area is 118 Å². The molecule has 4 heteroatoms. The Morgan fingerprint density at radius 1 is 1.20 bits per heavy atom.